The zero-order chi connectivity index (χ0) is 21.1. The van der Waals surface area contributed by atoms with Gasteiger partial charge >= 0.3 is 5.91 Å². The zero-order valence-electron chi connectivity index (χ0n) is 15.7. The highest BCUT2D eigenvalue weighted by atomic mass is 79.9. The lowest BCUT2D eigenvalue weighted by atomic mass is 10.1. The number of rotatable bonds is 5. The number of nitrogens with one attached hydrogen (secondary N) is 1. The summed E-state index contributed by atoms with van der Waals surface area (Å²) in [6.45, 7) is 2.26. The second kappa shape index (κ2) is 8.64. The van der Waals surface area contributed by atoms with Crippen LogP contribution in [-0.2, 0) is 4.74 Å². The number of fused-ring (bicyclic) bond motifs is 1. The van der Waals surface area contributed by atoms with Crippen LogP contribution in [-0.4, -0.2) is 43.3 Å². The second-order valence-corrected chi connectivity index (χ2v) is 7.51. The summed E-state index contributed by atoms with van der Waals surface area (Å²) in [4.78, 5) is 25.3. The third-order valence-corrected chi connectivity index (χ3v) is 5.12. The number of furan rings is 1. The van der Waals surface area contributed by atoms with Gasteiger partial charge in [-0.05, 0) is 30.3 Å². The highest BCUT2D eigenvalue weighted by Crippen LogP contribution is 2.29. The predicted octanol–water partition coefficient (Wildman–Crippen LogP) is 3.70. The molecule has 1 N–H and O–H groups in total. The Kier molecular flexibility index (Phi) is 5.77. The van der Waals surface area contributed by atoms with Crippen molar-refractivity contribution in [3.63, 3.8) is 0 Å². The first-order valence-electron chi connectivity index (χ1n) is 9.15. The van der Waals surface area contributed by atoms with Gasteiger partial charge in [-0.3, -0.25) is 14.9 Å². The summed E-state index contributed by atoms with van der Waals surface area (Å²) in [5, 5.41) is 16.2. The van der Waals surface area contributed by atoms with Crippen molar-refractivity contribution in [2.45, 2.75) is 0 Å². The SMILES string of the molecule is O=C(N/N=C/c1ccc(N2CCOCC2)c([N+](=O)[O-])c1)c1cc2cc(Br)ccc2o1. The van der Waals surface area contributed by atoms with Gasteiger partial charge in [-0.25, -0.2) is 5.43 Å². The molecule has 2 heterocycles. The molecule has 0 unspecified atom stereocenters. The average Bonchev–Trinajstić information content (AvgIpc) is 3.17. The number of hydrogen-bond acceptors (Lipinski definition) is 7. The van der Waals surface area contributed by atoms with Crippen LogP contribution in [0.1, 0.15) is 16.1 Å². The number of amides is 1. The van der Waals surface area contributed by atoms with Crippen LogP contribution in [0.5, 0.6) is 0 Å². The van der Waals surface area contributed by atoms with Crippen molar-refractivity contribution >= 4 is 50.4 Å². The van der Waals surface area contributed by atoms with E-state index in [1.54, 1.807) is 24.3 Å². The summed E-state index contributed by atoms with van der Waals surface area (Å²) < 4.78 is 11.7. The van der Waals surface area contributed by atoms with Crippen molar-refractivity contribution in [2.24, 2.45) is 5.10 Å². The molecule has 154 valence electrons. The Labute approximate surface area is 179 Å². The van der Waals surface area contributed by atoms with Crippen molar-refractivity contribution in [3.05, 3.63) is 68.4 Å². The van der Waals surface area contributed by atoms with Crippen molar-refractivity contribution < 1.29 is 18.9 Å². The Morgan fingerprint density at radius 1 is 1.20 bits per heavy atom. The minimum Gasteiger partial charge on any atom is -0.451 e. The number of halogens is 1. The number of ether oxygens (including phenoxy) is 1. The highest BCUT2D eigenvalue weighted by molar-refractivity contribution is 9.10. The van der Waals surface area contributed by atoms with Gasteiger partial charge in [0, 0.05) is 34.6 Å². The van der Waals surface area contributed by atoms with E-state index in [1.165, 1.54) is 12.3 Å². The van der Waals surface area contributed by atoms with E-state index in [0.29, 0.717) is 43.1 Å². The van der Waals surface area contributed by atoms with Crippen molar-refractivity contribution in [1.82, 2.24) is 5.43 Å². The molecule has 30 heavy (non-hydrogen) atoms. The lowest BCUT2D eigenvalue weighted by molar-refractivity contribution is -0.384. The third-order valence-electron chi connectivity index (χ3n) is 4.63. The van der Waals surface area contributed by atoms with Crippen molar-refractivity contribution in [1.29, 1.82) is 0 Å². The number of carbonyl (C=O) groups excluding carboxylic acids is 1. The van der Waals surface area contributed by atoms with Gasteiger partial charge in [-0.15, -0.1) is 0 Å². The molecule has 1 aliphatic heterocycles. The van der Waals surface area contributed by atoms with Gasteiger partial charge < -0.3 is 14.1 Å². The quantitative estimate of drug-likeness (QED) is 0.344. The van der Waals surface area contributed by atoms with Crippen LogP contribution < -0.4 is 10.3 Å². The van der Waals surface area contributed by atoms with Crippen LogP contribution in [0.2, 0.25) is 0 Å². The zero-order valence-corrected chi connectivity index (χ0v) is 17.3. The molecule has 0 radical (unpaired) electrons. The lowest BCUT2D eigenvalue weighted by Gasteiger charge is -2.28. The maximum atomic E-state index is 12.3. The van der Waals surface area contributed by atoms with E-state index >= 15 is 0 Å². The first kappa shape index (κ1) is 20.0. The molecular weight excluding hydrogens is 456 g/mol. The molecule has 10 heteroatoms. The molecular formula is C20H17BrN4O5. The maximum Gasteiger partial charge on any atom is 0.307 e. The number of hydrazone groups is 1. The van der Waals surface area contributed by atoms with Gasteiger partial charge in [0.1, 0.15) is 11.3 Å². The summed E-state index contributed by atoms with van der Waals surface area (Å²) >= 11 is 3.37. The molecule has 1 aromatic heterocycles. The van der Waals surface area contributed by atoms with Crippen LogP contribution in [0.4, 0.5) is 11.4 Å². The number of benzene rings is 2. The summed E-state index contributed by atoms with van der Waals surface area (Å²) in [6.07, 6.45) is 1.35. The molecule has 0 saturated carbocycles. The fourth-order valence-corrected chi connectivity index (χ4v) is 3.56. The molecule has 0 atom stereocenters. The second-order valence-electron chi connectivity index (χ2n) is 6.60. The van der Waals surface area contributed by atoms with Crippen LogP contribution in [0.25, 0.3) is 11.0 Å². The number of nitro benzene ring substituents is 1. The van der Waals surface area contributed by atoms with E-state index < -0.39 is 10.8 Å². The van der Waals surface area contributed by atoms with Gasteiger partial charge in [0.2, 0.25) is 0 Å². The minimum atomic E-state index is -0.516. The largest absolute Gasteiger partial charge is 0.451 e. The fourth-order valence-electron chi connectivity index (χ4n) is 3.19. The molecule has 0 aliphatic carbocycles. The topological polar surface area (TPSA) is 110 Å². The summed E-state index contributed by atoms with van der Waals surface area (Å²) in [5.74, 6) is -0.396. The van der Waals surface area contributed by atoms with E-state index in [0.717, 1.165) is 9.86 Å². The van der Waals surface area contributed by atoms with Gasteiger partial charge in [-0.2, -0.15) is 5.10 Å². The number of hydrogen-bond donors (Lipinski definition) is 1. The van der Waals surface area contributed by atoms with Crippen molar-refractivity contribution in [3.8, 4) is 0 Å². The monoisotopic (exact) mass is 472 g/mol. The lowest BCUT2D eigenvalue weighted by Crippen LogP contribution is -2.36. The number of nitrogens with zero attached hydrogens (tertiary/aromatic N) is 3. The van der Waals surface area contributed by atoms with Gasteiger partial charge in [0.15, 0.2) is 5.76 Å². The van der Waals surface area contributed by atoms with Gasteiger partial charge in [0.25, 0.3) is 5.69 Å². The van der Waals surface area contributed by atoms with Gasteiger partial charge in [0.05, 0.1) is 24.4 Å². The minimum absolute atomic E-state index is 0.0185. The summed E-state index contributed by atoms with van der Waals surface area (Å²) in [5.41, 5.74) is 3.98. The summed E-state index contributed by atoms with van der Waals surface area (Å²) in [7, 11) is 0. The van der Waals surface area contributed by atoms with E-state index in [1.807, 2.05) is 17.0 Å². The predicted molar refractivity (Wildman–Crippen MR) is 115 cm³/mol. The molecule has 9 nitrogen and oxygen atoms in total. The number of anilines is 1. The highest BCUT2D eigenvalue weighted by Gasteiger charge is 2.21. The number of carbonyl (C=O) groups is 1. The van der Waals surface area contributed by atoms with Crippen LogP contribution >= 0.6 is 15.9 Å². The Bertz CT molecular complexity index is 1140. The van der Waals surface area contributed by atoms with E-state index in [-0.39, 0.29) is 11.4 Å². The first-order valence-corrected chi connectivity index (χ1v) is 9.94. The summed E-state index contributed by atoms with van der Waals surface area (Å²) in [6, 6.07) is 11.9. The Morgan fingerprint density at radius 2 is 2.00 bits per heavy atom. The molecule has 0 spiro atoms. The molecule has 1 amide bonds. The molecule has 4 rings (SSSR count). The Balaban J connectivity index is 1.48. The van der Waals surface area contributed by atoms with Gasteiger partial charge in [-0.1, -0.05) is 22.0 Å². The molecule has 1 aliphatic rings. The average molecular weight is 473 g/mol. The molecule has 2 aromatic carbocycles. The molecule has 0 bridgehead atoms. The third kappa shape index (κ3) is 4.34. The van der Waals surface area contributed by atoms with E-state index in [2.05, 4.69) is 26.5 Å². The van der Waals surface area contributed by atoms with E-state index in [9.17, 15) is 14.9 Å². The fraction of sp³-hybridized carbons (Fsp3) is 0.200. The molecule has 1 fully saturated rings. The van der Waals surface area contributed by atoms with Crippen molar-refractivity contribution in [2.75, 3.05) is 31.2 Å². The smallest absolute Gasteiger partial charge is 0.307 e. The van der Waals surface area contributed by atoms with Crippen LogP contribution in [0, 0.1) is 10.1 Å². The van der Waals surface area contributed by atoms with Crippen LogP contribution in [0.3, 0.4) is 0 Å². The number of nitro groups is 1. The molecule has 1 saturated heterocycles. The first-order chi connectivity index (χ1) is 14.5. The van der Waals surface area contributed by atoms with E-state index in [4.69, 9.17) is 9.15 Å². The number of morpholine rings is 1. The Hall–Kier alpha value is -3.24. The normalized spacial score (nSPS) is 14.4. The maximum absolute atomic E-state index is 12.3. The molecule has 3 aromatic rings. The van der Waals surface area contributed by atoms with Crippen LogP contribution in [0.15, 0.2) is 56.5 Å². The standard InChI is InChI=1S/C20H17BrN4O5/c21-15-2-4-18-14(10-15)11-19(30-18)20(26)23-22-12-13-1-3-16(17(9-13)25(27)28)24-5-7-29-8-6-24/h1-4,9-12H,5-8H2,(H,23,26)/b22-12+. The Morgan fingerprint density at radius 3 is 2.77 bits per heavy atom.